The molecule has 6 nitrogen and oxygen atoms in total. The van der Waals surface area contributed by atoms with Gasteiger partial charge in [-0.05, 0) is 22.6 Å². The lowest BCUT2D eigenvalue weighted by Gasteiger charge is -2.19. The second-order valence-electron chi connectivity index (χ2n) is 4.32. The van der Waals surface area contributed by atoms with E-state index in [9.17, 15) is 4.79 Å². The maximum Gasteiger partial charge on any atom is 0.228 e. The summed E-state index contributed by atoms with van der Waals surface area (Å²) in [4.78, 5) is 13.7. The second-order valence-corrected chi connectivity index (χ2v) is 4.32. The quantitative estimate of drug-likeness (QED) is 0.737. The summed E-state index contributed by atoms with van der Waals surface area (Å²) in [5, 5.41) is 11.1. The van der Waals surface area contributed by atoms with E-state index in [0.29, 0.717) is 13.0 Å². The molecule has 2 aromatic rings. The van der Waals surface area contributed by atoms with Crippen molar-refractivity contribution in [3.8, 4) is 18.0 Å². The number of rotatable bonds is 2. The molecule has 0 bridgehead atoms. The molecule has 1 unspecified atom stereocenters. The molecule has 19 heavy (non-hydrogen) atoms. The van der Waals surface area contributed by atoms with E-state index in [0.717, 1.165) is 11.4 Å². The van der Waals surface area contributed by atoms with Gasteiger partial charge in [-0.2, -0.15) is 4.68 Å². The van der Waals surface area contributed by atoms with Crippen molar-refractivity contribution in [2.75, 3.05) is 11.4 Å². The molecule has 0 spiro atoms. The third kappa shape index (κ3) is 1.95. The summed E-state index contributed by atoms with van der Waals surface area (Å²) in [6.45, 7) is 0.536. The van der Waals surface area contributed by atoms with Crippen molar-refractivity contribution < 1.29 is 4.79 Å². The van der Waals surface area contributed by atoms with Crippen LogP contribution in [0.3, 0.4) is 0 Å². The van der Waals surface area contributed by atoms with Gasteiger partial charge in [0, 0.05) is 18.9 Å². The minimum atomic E-state index is -0.0329. The van der Waals surface area contributed by atoms with Crippen molar-refractivity contribution in [1.82, 2.24) is 20.2 Å². The molecule has 1 saturated heterocycles. The lowest BCUT2D eigenvalue weighted by molar-refractivity contribution is -0.117. The predicted molar refractivity (Wildman–Crippen MR) is 68.4 cm³/mol. The number of carbonyl (C=O) groups excluding carboxylic acids is 1. The minimum Gasteiger partial charge on any atom is -0.309 e. The normalized spacial score (nSPS) is 18.6. The number of carbonyl (C=O) groups is 1. The molecular formula is C13H11N5O. The van der Waals surface area contributed by atoms with Crippen molar-refractivity contribution in [1.29, 1.82) is 0 Å². The molecule has 0 radical (unpaired) electrons. The second kappa shape index (κ2) is 4.53. The Bertz CT molecular complexity index is 643. The van der Waals surface area contributed by atoms with Gasteiger partial charge in [0.2, 0.25) is 5.91 Å². The maximum atomic E-state index is 12.0. The SMILES string of the molecule is C#CC1CC(=O)N(c2ccccc2-n2cnnn2)C1. The van der Waals surface area contributed by atoms with Crippen LogP contribution in [0.2, 0.25) is 0 Å². The van der Waals surface area contributed by atoms with Gasteiger partial charge in [0.15, 0.2) is 0 Å². The third-order valence-corrected chi connectivity index (χ3v) is 3.13. The standard InChI is InChI=1S/C13H11N5O/c1-2-10-7-13(19)17(8-10)11-5-3-4-6-12(11)18-9-14-15-16-18/h1,3-6,9-10H,7-8H2. The van der Waals surface area contributed by atoms with E-state index in [1.54, 1.807) is 4.90 Å². The topological polar surface area (TPSA) is 63.9 Å². The Kier molecular flexibility index (Phi) is 2.72. The molecule has 0 aliphatic carbocycles. The summed E-state index contributed by atoms with van der Waals surface area (Å²) in [7, 11) is 0. The number of nitrogens with zero attached hydrogens (tertiary/aromatic N) is 5. The van der Waals surface area contributed by atoms with Gasteiger partial charge >= 0.3 is 0 Å². The summed E-state index contributed by atoms with van der Waals surface area (Å²) in [6, 6.07) is 7.48. The number of hydrogen-bond donors (Lipinski definition) is 0. The number of benzene rings is 1. The molecule has 6 heteroatoms. The highest BCUT2D eigenvalue weighted by Crippen LogP contribution is 2.29. The Balaban J connectivity index is 2.03. The van der Waals surface area contributed by atoms with E-state index in [1.165, 1.54) is 11.0 Å². The zero-order valence-corrected chi connectivity index (χ0v) is 10.1. The van der Waals surface area contributed by atoms with E-state index in [1.807, 2.05) is 24.3 Å². The first kappa shape index (κ1) is 11.4. The van der Waals surface area contributed by atoms with E-state index < -0.39 is 0 Å². The van der Waals surface area contributed by atoms with E-state index in [4.69, 9.17) is 6.42 Å². The highest BCUT2D eigenvalue weighted by atomic mass is 16.2. The molecule has 94 valence electrons. The summed E-state index contributed by atoms with van der Waals surface area (Å²) >= 11 is 0. The monoisotopic (exact) mass is 253 g/mol. The lowest BCUT2D eigenvalue weighted by Crippen LogP contribution is -2.25. The van der Waals surface area contributed by atoms with Crippen LogP contribution < -0.4 is 4.90 Å². The minimum absolute atomic E-state index is 0.0310. The first-order chi connectivity index (χ1) is 9.29. The Morgan fingerprint density at radius 3 is 2.74 bits per heavy atom. The van der Waals surface area contributed by atoms with Crippen LogP contribution in [0.5, 0.6) is 0 Å². The average molecular weight is 253 g/mol. The van der Waals surface area contributed by atoms with Gasteiger partial charge < -0.3 is 4.90 Å². The van der Waals surface area contributed by atoms with Crippen LogP contribution in [-0.4, -0.2) is 32.7 Å². The molecule has 0 N–H and O–H groups in total. The lowest BCUT2D eigenvalue weighted by atomic mass is 10.1. The maximum absolute atomic E-state index is 12.0. The number of para-hydroxylation sites is 2. The summed E-state index contributed by atoms with van der Waals surface area (Å²) in [5.41, 5.74) is 1.54. The highest BCUT2D eigenvalue weighted by molar-refractivity contribution is 5.97. The van der Waals surface area contributed by atoms with Crippen LogP contribution in [0.25, 0.3) is 5.69 Å². The van der Waals surface area contributed by atoms with Crippen LogP contribution >= 0.6 is 0 Å². The third-order valence-electron chi connectivity index (χ3n) is 3.13. The largest absolute Gasteiger partial charge is 0.309 e. The number of amides is 1. The van der Waals surface area contributed by atoms with E-state index in [2.05, 4.69) is 21.4 Å². The highest BCUT2D eigenvalue weighted by Gasteiger charge is 2.30. The van der Waals surface area contributed by atoms with Gasteiger partial charge in [-0.1, -0.05) is 12.1 Å². The van der Waals surface area contributed by atoms with Crippen LogP contribution in [0.1, 0.15) is 6.42 Å². The zero-order chi connectivity index (χ0) is 13.2. The molecule has 1 aromatic heterocycles. The first-order valence-electron chi connectivity index (χ1n) is 5.88. The van der Waals surface area contributed by atoms with E-state index in [-0.39, 0.29) is 11.8 Å². The van der Waals surface area contributed by atoms with Crippen LogP contribution in [0.4, 0.5) is 5.69 Å². The number of anilines is 1. The Morgan fingerprint density at radius 1 is 1.32 bits per heavy atom. The van der Waals surface area contributed by atoms with Gasteiger partial charge in [0.25, 0.3) is 0 Å². The number of tetrazole rings is 1. The first-order valence-corrected chi connectivity index (χ1v) is 5.88. The molecule has 1 aliphatic heterocycles. The molecule has 0 saturated carbocycles. The zero-order valence-electron chi connectivity index (χ0n) is 10.1. The number of terminal acetylenes is 1. The molecule has 1 atom stereocenters. The fourth-order valence-electron chi connectivity index (χ4n) is 2.21. The van der Waals surface area contributed by atoms with Gasteiger partial charge in [-0.3, -0.25) is 4.79 Å². The summed E-state index contributed by atoms with van der Waals surface area (Å²) < 4.78 is 1.53. The van der Waals surface area contributed by atoms with Crippen molar-refractivity contribution in [2.24, 2.45) is 5.92 Å². The number of hydrogen-bond acceptors (Lipinski definition) is 4. The molecule has 2 heterocycles. The number of aromatic nitrogens is 4. The van der Waals surface area contributed by atoms with E-state index >= 15 is 0 Å². The smallest absolute Gasteiger partial charge is 0.228 e. The molecule has 1 amide bonds. The van der Waals surface area contributed by atoms with Crippen molar-refractivity contribution in [2.45, 2.75) is 6.42 Å². The Morgan fingerprint density at radius 2 is 2.11 bits per heavy atom. The summed E-state index contributed by atoms with van der Waals surface area (Å²) in [5.74, 6) is 2.64. The van der Waals surface area contributed by atoms with Crippen LogP contribution in [-0.2, 0) is 4.79 Å². The Hall–Kier alpha value is -2.68. The van der Waals surface area contributed by atoms with Crippen molar-refractivity contribution in [3.05, 3.63) is 30.6 Å². The van der Waals surface area contributed by atoms with Gasteiger partial charge in [-0.15, -0.1) is 17.4 Å². The van der Waals surface area contributed by atoms with Crippen LogP contribution in [0, 0.1) is 18.3 Å². The van der Waals surface area contributed by atoms with Gasteiger partial charge in [0.1, 0.15) is 6.33 Å². The molecule has 1 fully saturated rings. The molecule has 1 aromatic carbocycles. The van der Waals surface area contributed by atoms with Gasteiger partial charge in [-0.25, -0.2) is 0 Å². The fraction of sp³-hybridized carbons (Fsp3) is 0.231. The predicted octanol–water partition coefficient (Wildman–Crippen LogP) is 0.648. The molecule has 3 rings (SSSR count). The molecule has 1 aliphatic rings. The van der Waals surface area contributed by atoms with Crippen molar-refractivity contribution >= 4 is 11.6 Å². The van der Waals surface area contributed by atoms with Crippen LogP contribution in [0.15, 0.2) is 30.6 Å². The van der Waals surface area contributed by atoms with Gasteiger partial charge in [0.05, 0.1) is 11.4 Å². The Labute approximate surface area is 110 Å². The fourth-order valence-corrected chi connectivity index (χ4v) is 2.21. The van der Waals surface area contributed by atoms with Crippen molar-refractivity contribution in [3.63, 3.8) is 0 Å². The average Bonchev–Trinajstić information content (AvgIpc) is 3.08. The summed E-state index contributed by atoms with van der Waals surface area (Å²) in [6.07, 6.45) is 7.29. The molecular weight excluding hydrogens is 242 g/mol.